The van der Waals surface area contributed by atoms with Gasteiger partial charge in [-0.2, -0.15) is 9.57 Å². The van der Waals surface area contributed by atoms with Crippen LogP contribution in [0.1, 0.15) is 19.4 Å². The van der Waals surface area contributed by atoms with Crippen LogP contribution in [0.5, 0.6) is 5.75 Å². The lowest BCUT2D eigenvalue weighted by Crippen LogP contribution is -2.31. The number of benzene rings is 1. The lowest BCUT2D eigenvalue weighted by molar-refractivity contribution is 0.416. The number of nitrogens with two attached hydrogens (primary N) is 1. The van der Waals surface area contributed by atoms with Gasteiger partial charge in [0, 0.05) is 19.2 Å². The minimum Gasteiger partial charge on any atom is -0.495 e. The largest absolute Gasteiger partial charge is 0.495 e. The zero-order valence-corrected chi connectivity index (χ0v) is 12.0. The van der Waals surface area contributed by atoms with Crippen LogP contribution >= 0.6 is 0 Å². The summed E-state index contributed by atoms with van der Waals surface area (Å²) < 4.78 is 31.1. The third-order valence-corrected chi connectivity index (χ3v) is 4.87. The molecule has 0 atom stereocenters. The molecule has 19 heavy (non-hydrogen) atoms. The highest BCUT2D eigenvalue weighted by atomic mass is 32.2. The number of methoxy groups -OCH3 is 1. The Morgan fingerprint density at radius 1 is 1.37 bits per heavy atom. The van der Waals surface area contributed by atoms with Crippen molar-refractivity contribution >= 4 is 15.7 Å². The first-order valence-electron chi connectivity index (χ1n) is 5.80. The Kier molecular flexibility index (Phi) is 4.75. The predicted molar refractivity (Wildman–Crippen MR) is 72.2 cm³/mol. The number of ether oxygens (including phenoxy) is 1. The summed E-state index contributed by atoms with van der Waals surface area (Å²) in [5.41, 5.74) is 5.93. The number of nitrogens with zero attached hydrogens (tertiary/aromatic N) is 2. The van der Waals surface area contributed by atoms with Crippen LogP contribution in [0.2, 0.25) is 0 Å². The molecule has 104 valence electrons. The van der Waals surface area contributed by atoms with Crippen LogP contribution in [0.3, 0.4) is 0 Å². The summed E-state index contributed by atoms with van der Waals surface area (Å²) in [6.07, 6.45) is 0. The van der Waals surface area contributed by atoms with Crippen molar-refractivity contribution in [2.75, 3.05) is 25.9 Å². The van der Waals surface area contributed by atoms with Gasteiger partial charge >= 0.3 is 0 Å². The molecular formula is C12H17N3O3S. The second kappa shape index (κ2) is 5.91. The minimum atomic E-state index is -3.72. The first-order valence-corrected chi connectivity index (χ1v) is 7.24. The van der Waals surface area contributed by atoms with Crippen molar-refractivity contribution in [1.29, 1.82) is 5.26 Å². The zero-order valence-electron chi connectivity index (χ0n) is 11.2. The van der Waals surface area contributed by atoms with Gasteiger partial charge in [-0.1, -0.05) is 13.8 Å². The van der Waals surface area contributed by atoms with Gasteiger partial charge in [0.25, 0.3) is 0 Å². The van der Waals surface area contributed by atoms with E-state index in [0.29, 0.717) is 13.1 Å². The van der Waals surface area contributed by atoms with Gasteiger partial charge in [0.15, 0.2) is 0 Å². The molecule has 0 aliphatic carbocycles. The molecule has 0 saturated carbocycles. The molecule has 6 nitrogen and oxygen atoms in total. The van der Waals surface area contributed by atoms with Crippen LogP contribution in [-0.4, -0.2) is 32.9 Å². The molecule has 0 aliphatic heterocycles. The van der Waals surface area contributed by atoms with Gasteiger partial charge in [-0.05, 0) is 6.07 Å². The first kappa shape index (κ1) is 15.3. The number of anilines is 1. The van der Waals surface area contributed by atoms with E-state index in [2.05, 4.69) is 0 Å². The van der Waals surface area contributed by atoms with E-state index in [1.165, 1.54) is 23.5 Å². The van der Waals surface area contributed by atoms with Crippen molar-refractivity contribution < 1.29 is 13.2 Å². The Labute approximate surface area is 113 Å². The second-order valence-corrected chi connectivity index (χ2v) is 5.70. The molecule has 2 N–H and O–H groups in total. The van der Waals surface area contributed by atoms with E-state index in [1.807, 2.05) is 6.07 Å². The summed E-state index contributed by atoms with van der Waals surface area (Å²) in [6, 6.07) is 4.47. The van der Waals surface area contributed by atoms with Gasteiger partial charge in [0.2, 0.25) is 10.0 Å². The molecule has 0 bridgehead atoms. The molecule has 0 aromatic heterocycles. The fourth-order valence-corrected chi connectivity index (χ4v) is 3.37. The number of sulfonamides is 1. The number of rotatable bonds is 5. The summed E-state index contributed by atoms with van der Waals surface area (Å²) in [5.74, 6) is 0.287. The Morgan fingerprint density at radius 2 is 1.95 bits per heavy atom. The number of nitriles is 1. The van der Waals surface area contributed by atoms with Crippen LogP contribution in [0, 0.1) is 11.3 Å². The topological polar surface area (TPSA) is 96.4 Å². The van der Waals surface area contributed by atoms with Crippen LogP contribution in [0.15, 0.2) is 17.0 Å². The maximum atomic E-state index is 12.4. The SMILES string of the molecule is CCN(CC)S(=O)(=O)c1cc(N)c(OC)cc1C#N. The van der Waals surface area contributed by atoms with Gasteiger partial charge in [-0.25, -0.2) is 8.42 Å². The van der Waals surface area contributed by atoms with E-state index in [0.717, 1.165) is 0 Å². The van der Waals surface area contributed by atoms with Crippen LogP contribution in [-0.2, 0) is 10.0 Å². The smallest absolute Gasteiger partial charge is 0.244 e. The summed E-state index contributed by atoms with van der Waals surface area (Å²) in [6.45, 7) is 4.13. The average Bonchev–Trinajstić information content (AvgIpc) is 2.39. The standard InChI is InChI=1S/C12H17N3O3S/c1-4-15(5-2)19(16,17)12-7-10(14)11(18-3)6-9(12)8-13/h6-7H,4-5,14H2,1-3H3. The summed E-state index contributed by atoms with van der Waals surface area (Å²) in [7, 11) is -2.31. The Bertz CT molecular complexity index is 601. The number of nitrogen functional groups attached to an aromatic ring is 1. The van der Waals surface area contributed by atoms with Crippen LogP contribution in [0.25, 0.3) is 0 Å². The van der Waals surface area contributed by atoms with Crippen LogP contribution in [0.4, 0.5) is 5.69 Å². The Hall–Kier alpha value is -1.78. The lowest BCUT2D eigenvalue weighted by atomic mass is 10.2. The molecule has 0 saturated heterocycles. The van der Waals surface area contributed by atoms with Gasteiger partial charge in [0.05, 0.1) is 18.4 Å². The van der Waals surface area contributed by atoms with Crippen molar-refractivity contribution in [3.63, 3.8) is 0 Å². The van der Waals surface area contributed by atoms with Gasteiger partial charge in [-0.15, -0.1) is 0 Å². The fourth-order valence-electron chi connectivity index (χ4n) is 1.76. The molecule has 1 rings (SSSR count). The molecular weight excluding hydrogens is 266 g/mol. The van der Waals surface area contributed by atoms with Crippen molar-refractivity contribution in [3.05, 3.63) is 17.7 Å². The molecule has 0 unspecified atom stereocenters. The molecule has 0 radical (unpaired) electrons. The number of hydrogen-bond acceptors (Lipinski definition) is 5. The van der Waals surface area contributed by atoms with E-state index < -0.39 is 10.0 Å². The molecule has 0 amide bonds. The third-order valence-electron chi connectivity index (χ3n) is 2.78. The second-order valence-electron chi connectivity index (χ2n) is 3.79. The minimum absolute atomic E-state index is 0.0259. The normalized spacial score (nSPS) is 11.3. The summed E-state index contributed by atoms with van der Waals surface area (Å²) >= 11 is 0. The lowest BCUT2D eigenvalue weighted by Gasteiger charge is -2.19. The maximum absolute atomic E-state index is 12.4. The van der Waals surface area contributed by atoms with E-state index in [-0.39, 0.29) is 21.9 Å². The third kappa shape index (κ3) is 2.80. The van der Waals surface area contributed by atoms with Gasteiger partial charge in [-0.3, -0.25) is 0 Å². The van der Waals surface area contributed by atoms with Gasteiger partial charge in [0.1, 0.15) is 16.7 Å². The van der Waals surface area contributed by atoms with Crippen molar-refractivity contribution in [3.8, 4) is 11.8 Å². The molecule has 0 spiro atoms. The summed E-state index contributed by atoms with van der Waals surface area (Å²) in [5, 5.41) is 9.09. The highest BCUT2D eigenvalue weighted by molar-refractivity contribution is 7.89. The molecule has 0 fully saturated rings. The van der Waals surface area contributed by atoms with E-state index in [4.69, 9.17) is 15.7 Å². The zero-order chi connectivity index (χ0) is 14.6. The monoisotopic (exact) mass is 283 g/mol. The molecule has 7 heteroatoms. The van der Waals surface area contributed by atoms with Crippen LogP contribution < -0.4 is 10.5 Å². The van der Waals surface area contributed by atoms with E-state index in [9.17, 15) is 8.42 Å². The Balaban J connectivity index is 3.51. The average molecular weight is 283 g/mol. The van der Waals surface area contributed by atoms with Crippen molar-refractivity contribution in [2.24, 2.45) is 0 Å². The fraction of sp³-hybridized carbons (Fsp3) is 0.417. The molecule has 0 heterocycles. The first-order chi connectivity index (χ1) is 8.92. The maximum Gasteiger partial charge on any atom is 0.244 e. The number of hydrogen-bond donors (Lipinski definition) is 1. The van der Waals surface area contributed by atoms with E-state index in [1.54, 1.807) is 13.8 Å². The highest BCUT2D eigenvalue weighted by Crippen LogP contribution is 2.29. The molecule has 1 aromatic carbocycles. The van der Waals surface area contributed by atoms with E-state index >= 15 is 0 Å². The predicted octanol–water partition coefficient (Wildman–Crippen LogP) is 1.18. The highest BCUT2D eigenvalue weighted by Gasteiger charge is 2.26. The van der Waals surface area contributed by atoms with Crippen molar-refractivity contribution in [2.45, 2.75) is 18.7 Å². The summed E-state index contributed by atoms with van der Waals surface area (Å²) in [4.78, 5) is -0.0861. The Morgan fingerprint density at radius 3 is 2.37 bits per heavy atom. The van der Waals surface area contributed by atoms with Crippen molar-refractivity contribution in [1.82, 2.24) is 4.31 Å². The van der Waals surface area contributed by atoms with Gasteiger partial charge < -0.3 is 10.5 Å². The molecule has 1 aromatic rings. The molecule has 0 aliphatic rings. The quantitative estimate of drug-likeness (QED) is 0.818.